The Morgan fingerprint density at radius 1 is 0.271 bits per heavy atom. The molecule has 0 saturated carbocycles. The number of para-hydroxylation sites is 3. The SMILES string of the molecule is c1ccc(N(c2ccccc2)c2cccc(N(c3ccccc3)c3cc4ccccc4c4cc5c(cc34)-c3ccccc3C5(c3ccccc3)c3ccccc3)c2)cc1. The molecule has 0 radical (unpaired) electrons. The molecule has 0 aromatic heterocycles. The first-order valence-corrected chi connectivity index (χ1v) is 20.4. The second-order valence-corrected chi connectivity index (χ2v) is 15.3. The van der Waals surface area contributed by atoms with Crippen LogP contribution in [0, 0.1) is 0 Å². The van der Waals surface area contributed by atoms with Crippen molar-refractivity contribution in [3.8, 4) is 11.1 Å². The third-order valence-electron chi connectivity index (χ3n) is 12.0. The summed E-state index contributed by atoms with van der Waals surface area (Å²) in [7, 11) is 0. The number of hydrogen-bond donors (Lipinski definition) is 0. The Balaban J connectivity index is 1.21. The lowest BCUT2D eigenvalue weighted by atomic mass is 9.67. The predicted molar refractivity (Wildman–Crippen MR) is 248 cm³/mol. The van der Waals surface area contributed by atoms with Crippen molar-refractivity contribution in [2.24, 2.45) is 0 Å². The molecule has 2 nitrogen and oxygen atoms in total. The zero-order valence-corrected chi connectivity index (χ0v) is 32.5. The van der Waals surface area contributed by atoms with Gasteiger partial charge in [0.2, 0.25) is 0 Å². The van der Waals surface area contributed by atoms with Crippen molar-refractivity contribution in [1.29, 1.82) is 0 Å². The minimum absolute atomic E-state index is 0.495. The van der Waals surface area contributed by atoms with Crippen LogP contribution in [0.3, 0.4) is 0 Å². The predicted octanol–water partition coefficient (Wildman–Crippen LogP) is 15.3. The molecule has 59 heavy (non-hydrogen) atoms. The lowest BCUT2D eigenvalue weighted by Gasteiger charge is -2.34. The molecule has 0 N–H and O–H groups in total. The number of rotatable bonds is 8. The molecule has 10 aromatic carbocycles. The highest BCUT2D eigenvalue weighted by Gasteiger charge is 2.46. The summed E-state index contributed by atoms with van der Waals surface area (Å²) < 4.78 is 0. The molecule has 0 unspecified atom stereocenters. The molecule has 0 fully saturated rings. The molecule has 11 rings (SSSR count). The smallest absolute Gasteiger partial charge is 0.0713 e. The maximum atomic E-state index is 2.52. The molecular weight excluding hydrogens is 713 g/mol. The third kappa shape index (κ3) is 5.64. The quantitative estimate of drug-likeness (QED) is 0.143. The van der Waals surface area contributed by atoms with Crippen molar-refractivity contribution >= 4 is 55.7 Å². The topological polar surface area (TPSA) is 6.48 Å². The van der Waals surface area contributed by atoms with Crippen LogP contribution < -0.4 is 9.80 Å². The highest BCUT2D eigenvalue weighted by atomic mass is 15.2. The minimum atomic E-state index is -0.495. The van der Waals surface area contributed by atoms with Gasteiger partial charge in [-0.2, -0.15) is 0 Å². The lowest BCUT2D eigenvalue weighted by molar-refractivity contribution is 0.769. The van der Waals surface area contributed by atoms with Crippen LogP contribution in [0.5, 0.6) is 0 Å². The molecule has 0 saturated heterocycles. The van der Waals surface area contributed by atoms with E-state index in [1.54, 1.807) is 0 Å². The Labute approximate surface area is 345 Å². The maximum absolute atomic E-state index is 2.52. The largest absolute Gasteiger partial charge is 0.310 e. The van der Waals surface area contributed by atoms with Gasteiger partial charge in [0, 0.05) is 33.8 Å². The summed E-state index contributed by atoms with van der Waals surface area (Å²) in [6, 6.07) is 88.5. The second-order valence-electron chi connectivity index (χ2n) is 15.3. The molecule has 2 heteroatoms. The van der Waals surface area contributed by atoms with Crippen molar-refractivity contribution in [3.63, 3.8) is 0 Å². The van der Waals surface area contributed by atoms with Gasteiger partial charge in [-0.05, 0) is 122 Å². The summed E-state index contributed by atoms with van der Waals surface area (Å²) in [6.07, 6.45) is 0. The monoisotopic (exact) mass is 752 g/mol. The summed E-state index contributed by atoms with van der Waals surface area (Å²) in [5.41, 5.74) is 13.8. The van der Waals surface area contributed by atoms with E-state index in [9.17, 15) is 0 Å². The summed E-state index contributed by atoms with van der Waals surface area (Å²) in [6.45, 7) is 0. The van der Waals surface area contributed by atoms with Gasteiger partial charge in [0.05, 0.1) is 11.1 Å². The van der Waals surface area contributed by atoms with E-state index < -0.39 is 5.41 Å². The van der Waals surface area contributed by atoms with Gasteiger partial charge in [-0.15, -0.1) is 0 Å². The summed E-state index contributed by atoms with van der Waals surface area (Å²) >= 11 is 0. The van der Waals surface area contributed by atoms with Crippen LogP contribution in [0.15, 0.2) is 243 Å². The van der Waals surface area contributed by atoms with Gasteiger partial charge in [0.15, 0.2) is 0 Å². The summed E-state index contributed by atoms with van der Waals surface area (Å²) in [4.78, 5) is 4.78. The number of nitrogens with zero attached hydrogens (tertiary/aromatic N) is 2. The van der Waals surface area contributed by atoms with E-state index in [4.69, 9.17) is 0 Å². The normalized spacial score (nSPS) is 12.5. The lowest BCUT2D eigenvalue weighted by Crippen LogP contribution is -2.28. The van der Waals surface area contributed by atoms with Gasteiger partial charge in [0.25, 0.3) is 0 Å². The van der Waals surface area contributed by atoms with Gasteiger partial charge < -0.3 is 9.80 Å². The Morgan fingerprint density at radius 3 is 1.36 bits per heavy atom. The first-order chi connectivity index (χ1) is 29.3. The molecule has 0 amide bonds. The molecule has 278 valence electrons. The van der Waals surface area contributed by atoms with Crippen molar-refractivity contribution in [2.45, 2.75) is 5.41 Å². The van der Waals surface area contributed by atoms with E-state index in [0.29, 0.717) is 0 Å². The molecule has 10 aromatic rings. The van der Waals surface area contributed by atoms with Crippen molar-refractivity contribution < 1.29 is 0 Å². The van der Waals surface area contributed by atoms with Gasteiger partial charge >= 0.3 is 0 Å². The average Bonchev–Trinajstić information content (AvgIpc) is 3.60. The van der Waals surface area contributed by atoms with Gasteiger partial charge in [0.1, 0.15) is 0 Å². The Kier molecular flexibility index (Phi) is 8.41. The zero-order chi connectivity index (χ0) is 39.2. The van der Waals surface area contributed by atoms with Crippen molar-refractivity contribution in [1.82, 2.24) is 0 Å². The number of fused-ring (bicyclic) bond motifs is 6. The van der Waals surface area contributed by atoms with Crippen LogP contribution in [-0.4, -0.2) is 0 Å². The van der Waals surface area contributed by atoms with E-state index in [0.717, 1.165) is 34.1 Å². The van der Waals surface area contributed by atoms with Gasteiger partial charge in [-0.3, -0.25) is 0 Å². The first kappa shape index (κ1) is 34.6. The molecular formula is C57H40N2. The molecule has 0 heterocycles. The van der Waals surface area contributed by atoms with E-state index in [2.05, 4.69) is 252 Å². The minimum Gasteiger partial charge on any atom is -0.310 e. The molecule has 0 bridgehead atoms. The zero-order valence-electron chi connectivity index (χ0n) is 32.5. The fourth-order valence-corrected chi connectivity index (χ4v) is 9.58. The molecule has 0 spiro atoms. The van der Waals surface area contributed by atoms with Crippen LogP contribution in [0.25, 0.3) is 32.7 Å². The summed E-state index contributed by atoms with van der Waals surface area (Å²) in [5, 5.41) is 4.86. The molecule has 0 atom stereocenters. The van der Waals surface area contributed by atoms with Crippen LogP contribution in [0.2, 0.25) is 0 Å². The van der Waals surface area contributed by atoms with E-state index in [1.165, 1.54) is 54.9 Å². The first-order valence-electron chi connectivity index (χ1n) is 20.4. The molecule has 1 aliphatic carbocycles. The van der Waals surface area contributed by atoms with Gasteiger partial charge in [-0.25, -0.2) is 0 Å². The standard InChI is InChI=1S/C57H40N2/c1-6-22-42(23-7-1)57(43-24-8-2-9-25-43)54-36-19-18-35-50(54)52-39-53-51(40-55(52)57)49-34-17-16-21-41(49)37-56(53)59(46-30-14-5-15-31-46)48-33-20-32-47(38-48)58(44-26-10-3-11-27-44)45-28-12-4-13-29-45/h1-40H. The third-order valence-corrected chi connectivity index (χ3v) is 12.0. The summed E-state index contributed by atoms with van der Waals surface area (Å²) in [5.74, 6) is 0. The molecule has 1 aliphatic rings. The van der Waals surface area contributed by atoms with Crippen LogP contribution in [0.1, 0.15) is 22.3 Å². The second kappa shape index (κ2) is 14.4. The fraction of sp³-hybridized carbons (Fsp3) is 0.0175. The van der Waals surface area contributed by atoms with E-state index in [-0.39, 0.29) is 0 Å². The Morgan fingerprint density at radius 2 is 0.746 bits per heavy atom. The average molecular weight is 753 g/mol. The van der Waals surface area contributed by atoms with Crippen LogP contribution in [0.4, 0.5) is 34.1 Å². The van der Waals surface area contributed by atoms with Crippen LogP contribution >= 0.6 is 0 Å². The fourth-order valence-electron chi connectivity index (χ4n) is 9.58. The van der Waals surface area contributed by atoms with Crippen LogP contribution in [-0.2, 0) is 5.41 Å². The number of hydrogen-bond acceptors (Lipinski definition) is 2. The van der Waals surface area contributed by atoms with Crippen molar-refractivity contribution in [2.75, 3.05) is 9.80 Å². The van der Waals surface area contributed by atoms with E-state index in [1.807, 2.05) is 0 Å². The Bertz CT molecular complexity index is 3010. The molecule has 0 aliphatic heterocycles. The van der Waals surface area contributed by atoms with Crippen molar-refractivity contribution in [3.05, 3.63) is 265 Å². The number of benzene rings is 10. The van der Waals surface area contributed by atoms with E-state index >= 15 is 0 Å². The Hall–Kier alpha value is -7.68. The van der Waals surface area contributed by atoms with Gasteiger partial charge in [-0.1, -0.05) is 170 Å². The highest BCUT2D eigenvalue weighted by molar-refractivity contribution is 6.16. The number of anilines is 6. The maximum Gasteiger partial charge on any atom is 0.0713 e. The highest BCUT2D eigenvalue weighted by Crippen LogP contribution is 2.58.